The van der Waals surface area contributed by atoms with Crippen molar-refractivity contribution in [3.63, 3.8) is 0 Å². The van der Waals surface area contributed by atoms with Gasteiger partial charge in [0, 0.05) is 9.79 Å². The normalized spacial score (nSPS) is 17.5. The Morgan fingerprint density at radius 3 is 1.47 bits per heavy atom. The summed E-state index contributed by atoms with van der Waals surface area (Å²) in [5, 5.41) is 0. The maximum absolute atomic E-state index is 2.23. The van der Waals surface area contributed by atoms with Crippen LogP contribution in [0.5, 0.6) is 0 Å². The molecule has 1 fully saturated rings. The fraction of sp³-hybridized carbons (Fsp3) is 0.294. The summed E-state index contributed by atoms with van der Waals surface area (Å²) < 4.78 is 0.336. The summed E-state index contributed by atoms with van der Waals surface area (Å²) in [6, 6.07) is 21.7. The van der Waals surface area contributed by atoms with Gasteiger partial charge in [-0.1, -0.05) is 49.2 Å². The zero-order valence-electron chi connectivity index (χ0n) is 10.9. The summed E-state index contributed by atoms with van der Waals surface area (Å²) in [4.78, 5) is 2.79. The van der Waals surface area contributed by atoms with Gasteiger partial charge in [0.2, 0.25) is 0 Å². The Kier molecular flexibility index (Phi) is 4.19. The molecule has 1 aliphatic rings. The molecule has 0 saturated heterocycles. The van der Waals surface area contributed by atoms with Crippen LogP contribution < -0.4 is 0 Å². The van der Waals surface area contributed by atoms with E-state index in [1.54, 1.807) is 0 Å². The largest absolute Gasteiger partial charge is 0.108 e. The SMILES string of the molecule is c1ccc(SC2(Sc3ccccc3)CCCC2)cc1. The first kappa shape index (κ1) is 13.1. The molecule has 0 aliphatic heterocycles. The Morgan fingerprint density at radius 2 is 1.05 bits per heavy atom. The quantitative estimate of drug-likeness (QED) is 0.647. The number of hydrogen-bond acceptors (Lipinski definition) is 2. The van der Waals surface area contributed by atoms with Gasteiger partial charge in [-0.15, -0.1) is 23.5 Å². The van der Waals surface area contributed by atoms with Crippen LogP contribution in [0, 0.1) is 0 Å². The van der Waals surface area contributed by atoms with Crippen molar-refractivity contribution in [3.05, 3.63) is 60.7 Å². The van der Waals surface area contributed by atoms with Gasteiger partial charge in [-0.2, -0.15) is 0 Å². The van der Waals surface area contributed by atoms with E-state index in [0.29, 0.717) is 4.08 Å². The molecule has 0 unspecified atom stereocenters. The molecule has 0 amide bonds. The molecule has 0 nitrogen and oxygen atoms in total. The van der Waals surface area contributed by atoms with E-state index in [-0.39, 0.29) is 0 Å². The van der Waals surface area contributed by atoms with Crippen LogP contribution in [0.25, 0.3) is 0 Å². The first-order valence-electron chi connectivity index (χ1n) is 6.84. The Morgan fingerprint density at radius 1 is 0.632 bits per heavy atom. The van der Waals surface area contributed by atoms with Crippen molar-refractivity contribution < 1.29 is 0 Å². The van der Waals surface area contributed by atoms with E-state index in [1.165, 1.54) is 35.5 Å². The third kappa shape index (κ3) is 3.37. The van der Waals surface area contributed by atoms with E-state index in [1.807, 2.05) is 0 Å². The van der Waals surface area contributed by atoms with Crippen molar-refractivity contribution in [2.75, 3.05) is 0 Å². The van der Waals surface area contributed by atoms with Crippen molar-refractivity contribution in [1.29, 1.82) is 0 Å². The van der Waals surface area contributed by atoms with Gasteiger partial charge in [0.05, 0.1) is 4.08 Å². The molecule has 0 heterocycles. The van der Waals surface area contributed by atoms with Crippen molar-refractivity contribution in [1.82, 2.24) is 0 Å². The number of benzene rings is 2. The molecular weight excluding hydrogens is 268 g/mol. The van der Waals surface area contributed by atoms with Crippen molar-refractivity contribution in [2.45, 2.75) is 39.6 Å². The summed E-state index contributed by atoms with van der Waals surface area (Å²) in [6.07, 6.45) is 5.34. The van der Waals surface area contributed by atoms with Crippen LogP contribution in [0.3, 0.4) is 0 Å². The second kappa shape index (κ2) is 6.06. The van der Waals surface area contributed by atoms with Gasteiger partial charge in [-0.25, -0.2) is 0 Å². The second-order valence-corrected chi connectivity index (χ2v) is 8.12. The molecule has 3 rings (SSSR count). The monoisotopic (exact) mass is 286 g/mol. The fourth-order valence-corrected chi connectivity index (χ4v) is 5.72. The molecule has 98 valence electrons. The molecule has 2 aromatic carbocycles. The smallest absolute Gasteiger partial charge is 0.0705 e. The first-order valence-corrected chi connectivity index (χ1v) is 8.48. The Bertz CT molecular complexity index is 458. The predicted octanol–water partition coefficient (Wildman–Crippen LogP) is 5.84. The fourth-order valence-electron chi connectivity index (χ4n) is 2.55. The molecule has 2 heteroatoms. The van der Waals surface area contributed by atoms with Crippen molar-refractivity contribution >= 4 is 23.5 Å². The summed E-state index contributed by atoms with van der Waals surface area (Å²) >= 11 is 4.11. The van der Waals surface area contributed by atoms with Crippen LogP contribution in [0.4, 0.5) is 0 Å². The zero-order valence-corrected chi connectivity index (χ0v) is 12.6. The lowest BCUT2D eigenvalue weighted by Gasteiger charge is -2.27. The third-order valence-electron chi connectivity index (χ3n) is 3.46. The van der Waals surface area contributed by atoms with Gasteiger partial charge in [-0.3, -0.25) is 0 Å². The van der Waals surface area contributed by atoms with E-state index in [0.717, 1.165) is 0 Å². The Balaban J connectivity index is 1.79. The molecule has 0 N–H and O–H groups in total. The van der Waals surface area contributed by atoms with E-state index in [2.05, 4.69) is 84.2 Å². The van der Waals surface area contributed by atoms with Gasteiger partial charge in [0.15, 0.2) is 0 Å². The number of rotatable bonds is 4. The lowest BCUT2D eigenvalue weighted by Crippen LogP contribution is -2.14. The van der Waals surface area contributed by atoms with Crippen LogP contribution >= 0.6 is 23.5 Å². The topological polar surface area (TPSA) is 0 Å². The predicted molar refractivity (Wildman–Crippen MR) is 85.8 cm³/mol. The Hall–Kier alpha value is -0.860. The molecule has 0 aromatic heterocycles. The average Bonchev–Trinajstić information content (AvgIpc) is 2.89. The molecule has 1 saturated carbocycles. The van der Waals surface area contributed by atoms with Gasteiger partial charge >= 0.3 is 0 Å². The molecule has 1 aliphatic carbocycles. The summed E-state index contributed by atoms with van der Waals surface area (Å²) in [5.74, 6) is 0. The highest BCUT2D eigenvalue weighted by Crippen LogP contribution is 2.54. The minimum absolute atomic E-state index is 0.336. The van der Waals surface area contributed by atoms with Crippen LogP contribution in [-0.4, -0.2) is 4.08 Å². The van der Waals surface area contributed by atoms with Gasteiger partial charge in [-0.05, 0) is 37.1 Å². The van der Waals surface area contributed by atoms with E-state index >= 15 is 0 Å². The molecule has 0 atom stereocenters. The maximum Gasteiger partial charge on any atom is 0.0705 e. The van der Waals surface area contributed by atoms with E-state index in [4.69, 9.17) is 0 Å². The standard InChI is InChI=1S/C17H18S2/c1-3-9-15(10-4-1)18-17(13-7-8-14-17)19-16-11-5-2-6-12-16/h1-6,9-12H,7-8,13-14H2. The number of thioether (sulfide) groups is 2. The Labute approximate surface area is 124 Å². The van der Waals surface area contributed by atoms with Crippen LogP contribution in [0.1, 0.15) is 25.7 Å². The number of hydrogen-bond donors (Lipinski definition) is 0. The lowest BCUT2D eigenvalue weighted by molar-refractivity contribution is 0.841. The van der Waals surface area contributed by atoms with E-state index < -0.39 is 0 Å². The third-order valence-corrected chi connectivity index (χ3v) is 6.54. The van der Waals surface area contributed by atoms with Crippen LogP contribution in [0.2, 0.25) is 0 Å². The summed E-state index contributed by atoms with van der Waals surface area (Å²) in [6.45, 7) is 0. The van der Waals surface area contributed by atoms with Crippen molar-refractivity contribution in [2.24, 2.45) is 0 Å². The molecular formula is C17H18S2. The maximum atomic E-state index is 2.23. The first-order chi connectivity index (χ1) is 9.36. The molecule has 2 aromatic rings. The van der Waals surface area contributed by atoms with E-state index in [9.17, 15) is 0 Å². The van der Waals surface area contributed by atoms with Crippen LogP contribution in [0.15, 0.2) is 70.5 Å². The van der Waals surface area contributed by atoms with Gasteiger partial charge in [0.1, 0.15) is 0 Å². The minimum Gasteiger partial charge on any atom is -0.108 e. The average molecular weight is 286 g/mol. The van der Waals surface area contributed by atoms with Gasteiger partial charge in [0.25, 0.3) is 0 Å². The second-order valence-electron chi connectivity index (χ2n) is 4.95. The highest BCUT2D eigenvalue weighted by atomic mass is 32.2. The lowest BCUT2D eigenvalue weighted by atomic mass is 10.3. The highest BCUT2D eigenvalue weighted by Gasteiger charge is 2.36. The molecule has 0 spiro atoms. The molecule has 19 heavy (non-hydrogen) atoms. The summed E-state index contributed by atoms with van der Waals surface area (Å²) in [7, 11) is 0. The van der Waals surface area contributed by atoms with Gasteiger partial charge < -0.3 is 0 Å². The molecule has 0 bridgehead atoms. The minimum atomic E-state index is 0.336. The highest BCUT2D eigenvalue weighted by molar-refractivity contribution is 8.18. The summed E-state index contributed by atoms with van der Waals surface area (Å²) in [5.41, 5.74) is 0. The zero-order chi connectivity index (χ0) is 13.0. The van der Waals surface area contributed by atoms with Crippen LogP contribution in [-0.2, 0) is 0 Å². The molecule has 0 radical (unpaired) electrons. The van der Waals surface area contributed by atoms with Crippen molar-refractivity contribution in [3.8, 4) is 0 Å².